The predicted octanol–water partition coefficient (Wildman–Crippen LogP) is 2.10. The lowest BCUT2D eigenvalue weighted by Crippen LogP contribution is -2.37. The van der Waals surface area contributed by atoms with Crippen molar-refractivity contribution in [1.82, 2.24) is 9.80 Å². The maximum atomic E-state index is 12.9. The van der Waals surface area contributed by atoms with Gasteiger partial charge in [-0.05, 0) is 25.5 Å². The molecular formula is C18H26N2O4. The third kappa shape index (κ3) is 3.63. The number of methoxy groups -OCH3 is 2. The van der Waals surface area contributed by atoms with E-state index in [1.807, 2.05) is 18.7 Å². The van der Waals surface area contributed by atoms with Crippen LogP contribution in [-0.2, 0) is 4.79 Å². The molecule has 0 saturated carbocycles. The van der Waals surface area contributed by atoms with Crippen molar-refractivity contribution < 1.29 is 19.1 Å². The van der Waals surface area contributed by atoms with Crippen LogP contribution in [0.4, 0.5) is 0 Å². The Labute approximate surface area is 143 Å². The van der Waals surface area contributed by atoms with Gasteiger partial charge in [0.1, 0.15) is 11.5 Å². The molecule has 0 aromatic heterocycles. The van der Waals surface area contributed by atoms with E-state index in [9.17, 15) is 9.59 Å². The minimum atomic E-state index is -0.0663. The van der Waals surface area contributed by atoms with E-state index in [1.54, 1.807) is 31.3 Å². The molecule has 0 unspecified atom stereocenters. The lowest BCUT2D eigenvalue weighted by molar-refractivity contribution is -0.130. The van der Waals surface area contributed by atoms with E-state index in [0.717, 1.165) is 12.0 Å². The van der Waals surface area contributed by atoms with Crippen molar-refractivity contribution in [3.63, 3.8) is 0 Å². The lowest BCUT2D eigenvalue weighted by Gasteiger charge is -2.23. The molecule has 0 bridgehead atoms. The Bertz CT molecular complexity index is 615. The van der Waals surface area contributed by atoms with Crippen LogP contribution in [0.3, 0.4) is 0 Å². The third-order valence-electron chi connectivity index (χ3n) is 4.45. The summed E-state index contributed by atoms with van der Waals surface area (Å²) < 4.78 is 10.7. The Morgan fingerprint density at radius 2 is 1.71 bits per heavy atom. The molecule has 1 aromatic rings. The molecule has 0 atom stereocenters. The van der Waals surface area contributed by atoms with Crippen molar-refractivity contribution in [1.29, 1.82) is 0 Å². The zero-order valence-electron chi connectivity index (χ0n) is 14.9. The van der Waals surface area contributed by atoms with E-state index < -0.39 is 0 Å². The van der Waals surface area contributed by atoms with Gasteiger partial charge in [0.15, 0.2) is 0 Å². The quantitative estimate of drug-likeness (QED) is 0.846. The summed E-state index contributed by atoms with van der Waals surface area (Å²) in [5, 5.41) is 0. The first kappa shape index (κ1) is 18.1. The highest BCUT2D eigenvalue weighted by Gasteiger charge is 2.25. The molecule has 6 heteroatoms. The van der Waals surface area contributed by atoms with E-state index in [4.69, 9.17) is 9.47 Å². The number of nitrogens with zero attached hydrogens (tertiary/aromatic N) is 2. The molecule has 0 radical (unpaired) electrons. The van der Waals surface area contributed by atoms with Crippen LogP contribution >= 0.6 is 0 Å². The van der Waals surface area contributed by atoms with Crippen LogP contribution in [-0.4, -0.2) is 62.0 Å². The van der Waals surface area contributed by atoms with Gasteiger partial charge in [-0.25, -0.2) is 0 Å². The average Bonchev–Trinajstić information content (AvgIpc) is 2.86. The summed E-state index contributed by atoms with van der Waals surface area (Å²) in [5.41, 5.74) is 1.34. The van der Waals surface area contributed by atoms with Gasteiger partial charge < -0.3 is 19.3 Å². The van der Waals surface area contributed by atoms with E-state index in [2.05, 4.69) is 0 Å². The number of carbonyl (C=O) groups excluding carboxylic acids is 2. The normalized spacial score (nSPS) is 15.0. The molecule has 2 rings (SSSR count). The second-order valence-electron chi connectivity index (χ2n) is 5.85. The van der Waals surface area contributed by atoms with Gasteiger partial charge >= 0.3 is 0 Å². The van der Waals surface area contributed by atoms with Crippen molar-refractivity contribution in [2.75, 3.05) is 40.4 Å². The Morgan fingerprint density at radius 3 is 2.33 bits per heavy atom. The van der Waals surface area contributed by atoms with Crippen molar-refractivity contribution in [3.8, 4) is 11.5 Å². The molecule has 0 spiro atoms. The van der Waals surface area contributed by atoms with Gasteiger partial charge in [-0.2, -0.15) is 0 Å². The van der Waals surface area contributed by atoms with Crippen LogP contribution in [0.25, 0.3) is 0 Å². The predicted molar refractivity (Wildman–Crippen MR) is 91.7 cm³/mol. The Balaban J connectivity index is 2.20. The third-order valence-corrected chi connectivity index (χ3v) is 4.45. The first-order chi connectivity index (χ1) is 11.5. The molecule has 1 fully saturated rings. The average molecular weight is 334 g/mol. The molecule has 132 valence electrons. The number of hydrogen-bond acceptors (Lipinski definition) is 4. The Kier molecular flexibility index (Phi) is 6.06. The SMILES string of the molecule is CCC(=O)N1CCCN(C(=O)c2ccc(OC)c(C)c2OC)CC1. The number of benzene rings is 1. The monoisotopic (exact) mass is 334 g/mol. The molecule has 6 nitrogen and oxygen atoms in total. The van der Waals surface area contributed by atoms with E-state index >= 15 is 0 Å². The maximum absolute atomic E-state index is 12.9. The molecule has 1 aromatic carbocycles. The van der Waals surface area contributed by atoms with Crippen LogP contribution in [0.2, 0.25) is 0 Å². The molecule has 0 aliphatic carbocycles. The fourth-order valence-corrected chi connectivity index (χ4v) is 3.09. The lowest BCUT2D eigenvalue weighted by atomic mass is 10.1. The molecule has 1 heterocycles. The molecule has 2 amide bonds. The molecule has 1 aliphatic heterocycles. The van der Waals surface area contributed by atoms with Crippen LogP contribution in [0.15, 0.2) is 12.1 Å². The van der Waals surface area contributed by atoms with Gasteiger partial charge in [0.05, 0.1) is 19.8 Å². The topological polar surface area (TPSA) is 59.1 Å². The van der Waals surface area contributed by atoms with Gasteiger partial charge in [0.25, 0.3) is 5.91 Å². The van der Waals surface area contributed by atoms with E-state index in [0.29, 0.717) is 49.7 Å². The molecule has 1 saturated heterocycles. The second-order valence-corrected chi connectivity index (χ2v) is 5.85. The molecule has 1 aliphatic rings. The standard InChI is InChI=1S/C18H26N2O4/c1-5-16(21)19-9-6-10-20(12-11-19)18(22)14-7-8-15(23-3)13(2)17(14)24-4/h7-8H,5-6,9-12H2,1-4H3. The number of rotatable bonds is 4. The minimum absolute atomic E-state index is 0.0663. The van der Waals surface area contributed by atoms with Gasteiger partial charge in [-0.3, -0.25) is 9.59 Å². The summed E-state index contributed by atoms with van der Waals surface area (Å²) in [6.45, 7) is 6.20. The summed E-state index contributed by atoms with van der Waals surface area (Å²) in [6.07, 6.45) is 1.29. The molecular weight excluding hydrogens is 308 g/mol. The van der Waals surface area contributed by atoms with E-state index in [-0.39, 0.29) is 11.8 Å². The first-order valence-electron chi connectivity index (χ1n) is 8.32. The Morgan fingerprint density at radius 1 is 1.04 bits per heavy atom. The zero-order valence-corrected chi connectivity index (χ0v) is 14.9. The highest BCUT2D eigenvalue weighted by molar-refractivity contribution is 5.97. The fourth-order valence-electron chi connectivity index (χ4n) is 3.09. The summed E-state index contributed by atoms with van der Waals surface area (Å²) in [5.74, 6) is 1.31. The number of hydrogen-bond donors (Lipinski definition) is 0. The molecule has 0 N–H and O–H groups in total. The van der Waals surface area contributed by atoms with Crippen molar-refractivity contribution >= 4 is 11.8 Å². The minimum Gasteiger partial charge on any atom is -0.496 e. The van der Waals surface area contributed by atoms with Gasteiger partial charge in [-0.15, -0.1) is 0 Å². The highest BCUT2D eigenvalue weighted by Crippen LogP contribution is 2.32. The van der Waals surface area contributed by atoms with E-state index in [1.165, 1.54) is 0 Å². The highest BCUT2D eigenvalue weighted by atomic mass is 16.5. The largest absolute Gasteiger partial charge is 0.496 e. The first-order valence-corrected chi connectivity index (χ1v) is 8.32. The summed E-state index contributed by atoms with van der Waals surface area (Å²) in [7, 11) is 3.15. The zero-order chi connectivity index (χ0) is 17.7. The van der Waals surface area contributed by atoms with Crippen molar-refractivity contribution in [2.45, 2.75) is 26.7 Å². The van der Waals surface area contributed by atoms with Crippen molar-refractivity contribution in [3.05, 3.63) is 23.3 Å². The fraction of sp³-hybridized carbons (Fsp3) is 0.556. The Hall–Kier alpha value is -2.24. The second kappa shape index (κ2) is 8.04. The van der Waals surface area contributed by atoms with Crippen LogP contribution in [0, 0.1) is 6.92 Å². The van der Waals surface area contributed by atoms with Gasteiger partial charge in [-0.1, -0.05) is 6.92 Å². The van der Waals surface area contributed by atoms with Gasteiger partial charge in [0.2, 0.25) is 5.91 Å². The number of ether oxygens (including phenoxy) is 2. The van der Waals surface area contributed by atoms with Crippen LogP contribution in [0.1, 0.15) is 35.7 Å². The summed E-state index contributed by atoms with van der Waals surface area (Å²) in [6, 6.07) is 3.53. The summed E-state index contributed by atoms with van der Waals surface area (Å²) in [4.78, 5) is 28.4. The number of carbonyl (C=O) groups is 2. The smallest absolute Gasteiger partial charge is 0.257 e. The van der Waals surface area contributed by atoms with Crippen LogP contribution < -0.4 is 9.47 Å². The van der Waals surface area contributed by atoms with Gasteiger partial charge in [0, 0.05) is 38.2 Å². The maximum Gasteiger partial charge on any atom is 0.257 e. The van der Waals surface area contributed by atoms with Crippen LogP contribution in [0.5, 0.6) is 11.5 Å². The van der Waals surface area contributed by atoms with Crippen molar-refractivity contribution in [2.24, 2.45) is 0 Å². The number of amides is 2. The summed E-state index contributed by atoms with van der Waals surface area (Å²) >= 11 is 0. The molecule has 24 heavy (non-hydrogen) atoms.